The van der Waals surface area contributed by atoms with E-state index >= 15 is 0 Å². The van der Waals surface area contributed by atoms with E-state index in [4.69, 9.17) is 4.42 Å². The molecule has 31 heavy (non-hydrogen) atoms. The highest BCUT2D eigenvalue weighted by Gasteiger charge is 2.34. The molecule has 0 radical (unpaired) electrons. The molecule has 2 saturated heterocycles. The van der Waals surface area contributed by atoms with Crippen LogP contribution in [0.2, 0.25) is 0 Å². The zero-order valence-corrected chi connectivity index (χ0v) is 19.2. The van der Waals surface area contributed by atoms with Crippen molar-refractivity contribution in [1.29, 1.82) is 0 Å². The number of carbonyl (C=O) groups is 3. The molecule has 3 heterocycles. The van der Waals surface area contributed by atoms with Crippen LogP contribution >= 0.6 is 0 Å². The fraction of sp³-hybridized carbons (Fsp3) is 0.696. The summed E-state index contributed by atoms with van der Waals surface area (Å²) in [7, 11) is 0. The van der Waals surface area contributed by atoms with Gasteiger partial charge in [-0.3, -0.25) is 19.3 Å². The normalized spacial score (nSPS) is 20.5. The van der Waals surface area contributed by atoms with E-state index in [-0.39, 0.29) is 35.7 Å². The molecule has 2 aliphatic heterocycles. The van der Waals surface area contributed by atoms with Crippen molar-refractivity contribution < 1.29 is 18.8 Å². The third-order valence-electron chi connectivity index (χ3n) is 6.79. The zero-order valence-electron chi connectivity index (χ0n) is 19.2. The highest BCUT2D eigenvalue weighted by molar-refractivity contribution is 5.91. The Morgan fingerprint density at radius 2 is 1.58 bits per heavy atom. The Bertz CT molecular complexity index is 748. The molecule has 2 fully saturated rings. The number of amides is 3. The van der Waals surface area contributed by atoms with Gasteiger partial charge in [0.1, 0.15) is 0 Å². The van der Waals surface area contributed by atoms with E-state index in [0.717, 1.165) is 25.9 Å². The highest BCUT2D eigenvalue weighted by Crippen LogP contribution is 2.21. The van der Waals surface area contributed by atoms with Gasteiger partial charge in [0.2, 0.25) is 11.8 Å². The van der Waals surface area contributed by atoms with Gasteiger partial charge in [-0.25, -0.2) is 0 Å². The molecule has 0 bridgehead atoms. The monoisotopic (exact) mass is 432 g/mol. The molecule has 0 saturated carbocycles. The number of nitrogens with zero attached hydrogens (tertiary/aromatic N) is 3. The lowest BCUT2D eigenvalue weighted by molar-refractivity contribution is -0.138. The molecule has 172 valence electrons. The van der Waals surface area contributed by atoms with Crippen LogP contribution in [0.4, 0.5) is 0 Å². The predicted octanol–water partition coefficient (Wildman–Crippen LogP) is 1.83. The first-order valence-corrected chi connectivity index (χ1v) is 11.4. The smallest absolute Gasteiger partial charge is 0.289 e. The number of hydrogen-bond acceptors (Lipinski definition) is 5. The Labute approximate surface area is 184 Å². The van der Waals surface area contributed by atoms with Gasteiger partial charge in [-0.15, -0.1) is 0 Å². The first kappa shape index (κ1) is 23.3. The molecule has 0 spiro atoms. The van der Waals surface area contributed by atoms with Crippen LogP contribution in [0.15, 0.2) is 22.8 Å². The summed E-state index contributed by atoms with van der Waals surface area (Å²) in [6, 6.07) is 3.32. The summed E-state index contributed by atoms with van der Waals surface area (Å²) < 4.78 is 5.19. The standard InChI is InChI=1S/C23H36N4O4/c1-16(2)17(3)24-21(28)19-7-9-25(10-8-19)18(4)22(29)26-11-13-27(14-12-26)23(30)20-6-5-15-31-20/h5-6,15-19H,7-14H2,1-4H3,(H,24,28). The number of carbonyl (C=O) groups excluding carboxylic acids is 3. The van der Waals surface area contributed by atoms with E-state index in [1.165, 1.54) is 6.26 Å². The number of hydrogen-bond donors (Lipinski definition) is 1. The molecule has 1 N–H and O–H groups in total. The van der Waals surface area contributed by atoms with Crippen molar-refractivity contribution in [3.8, 4) is 0 Å². The number of piperazine rings is 1. The topological polar surface area (TPSA) is 86.1 Å². The van der Waals surface area contributed by atoms with Crippen LogP contribution < -0.4 is 5.32 Å². The Morgan fingerprint density at radius 3 is 2.13 bits per heavy atom. The molecule has 1 aromatic rings. The second kappa shape index (κ2) is 10.3. The summed E-state index contributed by atoms with van der Waals surface area (Å²) in [5.41, 5.74) is 0. The Morgan fingerprint density at radius 1 is 0.968 bits per heavy atom. The van der Waals surface area contributed by atoms with Crippen molar-refractivity contribution in [1.82, 2.24) is 20.0 Å². The first-order chi connectivity index (χ1) is 14.8. The van der Waals surface area contributed by atoms with Gasteiger partial charge in [0, 0.05) is 38.1 Å². The van der Waals surface area contributed by atoms with Crippen molar-refractivity contribution in [2.24, 2.45) is 11.8 Å². The van der Waals surface area contributed by atoms with Gasteiger partial charge in [-0.05, 0) is 57.8 Å². The predicted molar refractivity (Wildman–Crippen MR) is 117 cm³/mol. The SMILES string of the molecule is CC(C)C(C)NC(=O)C1CCN(C(C)C(=O)N2CCN(C(=O)c3ccco3)CC2)CC1. The average Bonchev–Trinajstić information content (AvgIpc) is 3.32. The lowest BCUT2D eigenvalue weighted by Gasteiger charge is -2.40. The molecule has 8 heteroatoms. The summed E-state index contributed by atoms with van der Waals surface area (Å²) in [6.07, 6.45) is 3.05. The van der Waals surface area contributed by atoms with Crippen LogP contribution in [0, 0.1) is 11.8 Å². The lowest BCUT2D eigenvalue weighted by Crippen LogP contribution is -2.56. The summed E-state index contributed by atoms with van der Waals surface area (Å²) in [4.78, 5) is 43.7. The molecule has 0 aliphatic carbocycles. The maximum absolute atomic E-state index is 13.0. The van der Waals surface area contributed by atoms with Gasteiger partial charge in [0.15, 0.2) is 5.76 Å². The zero-order chi connectivity index (χ0) is 22.5. The van der Waals surface area contributed by atoms with E-state index in [2.05, 4.69) is 24.1 Å². The summed E-state index contributed by atoms with van der Waals surface area (Å²) in [6.45, 7) is 11.8. The Balaban J connectivity index is 1.44. The van der Waals surface area contributed by atoms with Crippen molar-refractivity contribution in [3.63, 3.8) is 0 Å². The van der Waals surface area contributed by atoms with Crippen LogP contribution in [0.25, 0.3) is 0 Å². The second-order valence-electron chi connectivity index (χ2n) is 9.12. The minimum atomic E-state index is -0.217. The Kier molecular flexibility index (Phi) is 7.75. The quantitative estimate of drug-likeness (QED) is 0.741. The van der Waals surface area contributed by atoms with Crippen molar-refractivity contribution >= 4 is 17.7 Å². The third kappa shape index (κ3) is 5.67. The molecule has 3 rings (SSSR count). The number of nitrogens with one attached hydrogen (secondary N) is 1. The number of piperidine rings is 1. The van der Waals surface area contributed by atoms with Crippen LogP contribution in [0.5, 0.6) is 0 Å². The van der Waals surface area contributed by atoms with E-state index in [0.29, 0.717) is 37.9 Å². The van der Waals surface area contributed by atoms with Crippen LogP contribution in [0.1, 0.15) is 51.1 Å². The van der Waals surface area contributed by atoms with E-state index < -0.39 is 0 Å². The van der Waals surface area contributed by atoms with Crippen LogP contribution in [-0.2, 0) is 9.59 Å². The van der Waals surface area contributed by atoms with E-state index in [9.17, 15) is 14.4 Å². The number of likely N-dealkylation sites (tertiary alicyclic amines) is 1. The van der Waals surface area contributed by atoms with Gasteiger partial charge < -0.3 is 19.5 Å². The molecule has 2 unspecified atom stereocenters. The van der Waals surface area contributed by atoms with Crippen LogP contribution in [0.3, 0.4) is 0 Å². The van der Waals surface area contributed by atoms with Crippen molar-refractivity contribution in [3.05, 3.63) is 24.2 Å². The van der Waals surface area contributed by atoms with Gasteiger partial charge in [0.05, 0.1) is 12.3 Å². The fourth-order valence-electron chi connectivity index (χ4n) is 4.16. The molecule has 0 aromatic carbocycles. The molecule has 2 aliphatic rings. The minimum absolute atomic E-state index is 0.0240. The van der Waals surface area contributed by atoms with Gasteiger partial charge in [0.25, 0.3) is 5.91 Å². The molecular weight excluding hydrogens is 396 g/mol. The van der Waals surface area contributed by atoms with Gasteiger partial charge in [-0.2, -0.15) is 0 Å². The minimum Gasteiger partial charge on any atom is -0.459 e. The maximum atomic E-state index is 13.0. The molecule has 2 atom stereocenters. The summed E-state index contributed by atoms with van der Waals surface area (Å²) in [5.74, 6) is 0.881. The van der Waals surface area contributed by atoms with Crippen molar-refractivity contribution in [2.45, 2.75) is 52.6 Å². The lowest BCUT2D eigenvalue weighted by atomic mass is 9.94. The second-order valence-corrected chi connectivity index (χ2v) is 9.12. The van der Waals surface area contributed by atoms with E-state index in [1.54, 1.807) is 17.0 Å². The first-order valence-electron chi connectivity index (χ1n) is 11.4. The highest BCUT2D eigenvalue weighted by atomic mass is 16.3. The number of rotatable bonds is 6. The van der Waals surface area contributed by atoms with E-state index in [1.807, 2.05) is 18.7 Å². The molecule has 1 aromatic heterocycles. The summed E-state index contributed by atoms with van der Waals surface area (Å²) >= 11 is 0. The third-order valence-corrected chi connectivity index (χ3v) is 6.79. The molecule has 3 amide bonds. The summed E-state index contributed by atoms with van der Waals surface area (Å²) in [5, 5.41) is 3.12. The largest absolute Gasteiger partial charge is 0.459 e. The number of furan rings is 1. The average molecular weight is 433 g/mol. The van der Waals surface area contributed by atoms with Gasteiger partial charge >= 0.3 is 0 Å². The van der Waals surface area contributed by atoms with Gasteiger partial charge in [-0.1, -0.05) is 13.8 Å². The van der Waals surface area contributed by atoms with Crippen molar-refractivity contribution in [2.75, 3.05) is 39.3 Å². The Hall–Kier alpha value is -2.35. The molecule has 8 nitrogen and oxygen atoms in total. The maximum Gasteiger partial charge on any atom is 0.289 e. The van der Waals surface area contributed by atoms with Crippen LogP contribution in [-0.4, -0.2) is 83.8 Å². The fourth-order valence-corrected chi connectivity index (χ4v) is 4.16. The molecular formula is C23H36N4O4.